The average Bonchev–Trinajstić information content (AvgIpc) is 3.11. The molecule has 8 heteroatoms. The number of esters is 1. The summed E-state index contributed by atoms with van der Waals surface area (Å²) in [6.07, 6.45) is 1.72. The van der Waals surface area contributed by atoms with Gasteiger partial charge in [0.2, 0.25) is 0 Å². The van der Waals surface area contributed by atoms with Gasteiger partial charge in [-0.2, -0.15) is 0 Å². The maximum atomic E-state index is 12.4. The molecular formula is C20H21NO7. The molecule has 1 N–H and O–H groups in total. The highest BCUT2D eigenvalue weighted by molar-refractivity contribution is 5.97. The van der Waals surface area contributed by atoms with Gasteiger partial charge in [0.15, 0.2) is 0 Å². The van der Waals surface area contributed by atoms with Crippen molar-refractivity contribution < 1.29 is 33.0 Å². The Kier molecular flexibility index (Phi) is 6.97. The summed E-state index contributed by atoms with van der Waals surface area (Å²) in [4.78, 5) is 35.9. The SMILES string of the molecule is CC(C)(C)OC(=O)OC(=O)N/C(=C\c1ccoc1)C(=O)OCc1ccccc1. The van der Waals surface area contributed by atoms with Gasteiger partial charge in [0.25, 0.3) is 0 Å². The number of nitrogens with one attached hydrogen (secondary N) is 1. The molecule has 0 aliphatic carbocycles. The van der Waals surface area contributed by atoms with Crippen molar-refractivity contribution in [3.05, 3.63) is 65.7 Å². The summed E-state index contributed by atoms with van der Waals surface area (Å²) in [5.41, 5.74) is 0.214. The van der Waals surface area contributed by atoms with Gasteiger partial charge >= 0.3 is 18.2 Å². The molecule has 0 aliphatic rings. The maximum absolute atomic E-state index is 12.4. The first-order valence-electron chi connectivity index (χ1n) is 8.40. The van der Waals surface area contributed by atoms with Crippen LogP contribution >= 0.6 is 0 Å². The van der Waals surface area contributed by atoms with Crippen LogP contribution in [0.4, 0.5) is 9.59 Å². The molecule has 0 bridgehead atoms. The van der Waals surface area contributed by atoms with Crippen molar-refractivity contribution in [2.75, 3.05) is 0 Å². The number of hydrogen-bond acceptors (Lipinski definition) is 7. The van der Waals surface area contributed by atoms with Crippen molar-refractivity contribution in [3.63, 3.8) is 0 Å². The van der Waals surface area contributed by atoms with Crippen molar-refractivity contribution in [3.8, 4) is 0 Å². The van der Waals surface area contributed by atoms with Gasteiger partial charge in [0.05, 0.1) is 12.5 Å². The lowest BCUT2D eigenvalue weighted by molar-refractivity contribution is -0.140. The molecule has 2 rings (SSSR count). The Labute approximate surface area is 162 Å². The van der Waals surface area contributed by atoms with Crippen LogP contribution in [0.5, 0.6) is 0 Å². The van der Waals surface area contributed by atoms with Crippen LogP contribution < -0.4 is 5.32 Å². The smallest absolute Gasteiger partial charge is 0.472 e. The standard InChI is InChI=1S/C20H21NO7/c1-20(2,3)28-19(24)27-18(23)21-16(11-15-9-10-25-12-15)17(22)26-13-14-7-5-4-6-8-14/h4-12H,13H2,1-3H3,(H,21,23)/b16-11-. The molecule has 1 heterocycles. The zero-order valence-corrected chi connectivity index (χ0v) is 15.8. The summed E-state index contributed by atoms with van der Waals surface area (Å²) < 4.78 is 19.5. The summed E-state index contributed by atoms with van der Waals surface area (Å²) in [5.74, 6) is -0.814. The van der Waals surface area contributed by atoms with Gasteiger partial charge in [0.1, 0.15) is 17.9 Å². The molecule has 1 amide bonds. The van der Waals surface area contributed by atoms with E-state index in [1.807, 2.05) is 18.2 Å². The van der Waals surface area contributed by atoms with E-state index in [-0.39, 0.29) is 12.3 Å². The lowest BCUT2D eigenvalue weighted by Crippen LogP contribution is -2.33. The molecule has 0 spiro atoms. The maximum Gasteiger partial charge on any atom is 0.517 e. The number of rotatable bonds is 5. The van der Waals surface area contributed by atoms with Gasteiger partial charge in [0, 0.05) is 5.56 Å². The largest absolute Gasteiger partial charge is 0.517 e. The van der Waals surface area contributed by atoms with E-state index in [9.17, 15) is 14.4 Å². The van der Waals surface area contributed by atoms with Crippen LogP contribution in [0.25, 0.3) is 6.08 Å². The van der Waals surface area contributed by atoms with Gasteiger partial charge < -0.3 is 18.6 Å². The first-order valence-corrected chi connectivity index (χ1v) is 8.40. The summed E-state index contributed by atoms with van der Waals surface area (Å²) in [6.45, 7) is 4.87. The van der Waals surface area contributed by atoms with E-state index in [1.165, 1.54) is 18.6 Å². The highest BCUT2D eigenvalue weighted by atomic mass is 16.8. The minimum absolute atomic E-state index is 0.00515. The molecular weight excluding hydrogens is 366 g/mol. The van der Waals surface area contributed by atoms with Crippen LogP contribution in [0, 0.1) is 0 Å². The normalized spacial score (nSPS) is 11.5. The quantitative estimate of drug-likeness (QED) is 0.469. The van der Waals surface area contributed by atoms with E-state index in [0.717, 1.165) is 5.56 Å². The van der Waals surface area contributed by atoms with Crippen molar-refractivity contribution >= 4 is 24.3 Å². The van der Waals surface area contributed by atoms with Gasteiger partial charge in [-0.05, 0) is 38.5 Å². The molecule has 0 saturated heterocycles. The monoisotopic (exact) mass is 387 g/mol. The number of benzene rings is 1. The topological polar surface area (TPSA) is 104 Å². The molecule has 0 fully saturated rings. The van der Waals surface area contributed by atoms with Crippen LogP contribution in [0.2, 0.25) is 0 Å². The van der Waals surface area contributed by atoms with Crippen LogP contribution in [-0.2, 0) is 25.6 Å². The summed E-state index contributed by atoms with van der Waals surface area (Å²) in [6, 6.07) is 10.6. The van der Waals surface area contributed by atoms with Crippen LogP contribution in [0.1, 0.15) is 31.9 Å². The van der Waals surface area contributed by atoms with Crippen LogP contribution in [0.3, 0.4) is 0 Å². The molecule has 8 nitrogen and oxygen atoms in total. The van der Waals surface area contributed by atoms with Gasteiger partial charge in [-0.3, -0.25) is 5.32 Å². The second-order valence-electron chi connectivity index (χ2n) is 6.66. The minimum Gasteiger partial charge on any atom is -0.472 e. The van der Waals surface area contributed by atoms with E-state index >= 15 is 0 Å². The number of carbonyl (C=O) groups is 3. The molecule has 148 valence electrons. The molecule has 0 aliphatic heterocycles. The lowest BCUT2D eigenvalue weighted by atomic mass is 10.2. The lowest BCUT2D eigenvalue weighted by Gasteiger charge is -2.18. The molecule has 0 radical (unpaired) electrons. The third-order valence-corrected chi connectivity index (χ3v) is 3.09. The second kappa shape index (κ2) is 9.40. The van der Waals surface area contributed by atoms with Gasteiger partial charge in [-0.15, -0.1) is 0 Å². The van der Waals surface area contributed by atoms with E-state index in [2.05, 4.69) is 10.1 Å². The summed E-state index contributed by atoms with van der Waals surface area (Å²) in [5, 5.41) is 2.19. The van der Waals surface area contributed by atoms with Crippen molar-refractivity contribution in [2.45, 2.75) is 33.0 Å². The Morgan fingerprint density at radius 3 is 2.43 bits per heavy atom. The molecule has 28 heavy (non-hydrogen) atoms. The Morgan fingerprint density at radius 1 is 1.11 bits per heavy atom. The van der Waals surface area contributed by atoms with Crippen molar-refractivity contribution in [2.24, 2.45) is 0 Å². The van der Waals surface area contributed by atoms with Crippen molar-refractivity contribution in [1.29, 1.82) is 0 Å². The fraction of sp³-hybridized carbons (Fsp3) is 0.250. The molecule has 0 unspecified atom stereocenters. The van der Waals surface area contributed by atoms with E-state index < -0.39 is 23.8 Å². The van der Waals surface area contributed by atoms with E-state index in [1.54, 1.807) is 39.0 Å². The number of hydrogen-bond donors (Lipinski definition) is 1. The minimum atomic E-state index is -1.19. The molecule has 0 atom stereocenters. The summed E-state index contributed by atoms with van der Waals surface area (Å²) in [7, 11) is 0. The fourth-order valence-corrected chi connectivity index (χ4v) is 1.95. The first kappa shape index (κ1) is 20.8. The highest BCUT2D eigenvalue weighted by Gasteiger charge is 2.22. The Balaban J connectivity index is 2.04. The third-order valence-electron chi connectivity index (χ3n) is 3.09. The van der Waals surface area contributed by atoms with E-state index in [0.29, 0.717) is 5.56 Å². The van der Waals surface area contributed by atoms with Gasteiger partial charge in [-0.1, -0.05) is 30.3 Å². The molecule has 2 aromatic rings. The third kappa shape index (κ3) is 7.36. The predicted molar refractivity (Wildman–Crippen MR) is 98.8 cm³/mol. The number of ether oxygens (including phenoxy) is 3. The van der Waals surface area contributed by atoms with Crippen LogP contribution in [-0.4, -0.2) is 23.8 Å². The Hall–Kier alpha value is -3.55. The average molecular weight is 387 g/mol. The first-order chi connectivity index (χ1) is 13.2. The zero-order valence-electron chi connectivity index (χ0n) is 15.8. The Morgan fingerprint density at radius 2 is 1.82 bits per heavy atom. The van der Waals surface area contributed by atoms with Crippen LogP contribution in [0.15, 0.2) is 59.0 Å². The number of alkyl carbamates (subject to hydrolysis) is 1. The molecule has 0 saturated carbocycles. The second-order valence-corrected chi connectivity index (χ2v) is 6.66. The molecule has 1 aromatic carbocycles. The zero-order chi connectivity index (χ0) is 20.6. The molecule has 1 aromatic heterocycles. The highest BCUT2D eigenvalue weighted by Crippen LogP contribution is 2.11. The fourth-order valence-electron chi connectivity index (χ4n) is 1.95. The van der Waals surface area contributed by atoms with E-state index in [4.69, 9.17) is 13.9 Å². The predicted octanol–water partition coefficient (Wildman–Crippen LogP) is 4.03. The number of amides is 1. The summed E-state index contributed by atoms with van der Waals surface area (Å²) >= 11 is 0. The van der Waals surface area contributed by atoms with Crippen molar-refractivity contribution in [1.82, 2.24) is 5.32 Å². The number of carbonyl (C=O) groups excluding carboxylic acids is 3. The van der Waals surface area contributed by atoms with Gasteiger partial charge in [-0.25, -0.2) is 14.4 Å². The Bertz CT molecular complexity index is 833. The number of furan rings is 1.